The van der Waals surface area contributed by atoms with Gasteiger partial charge in [0, 0.05) is 37.8 Å². The summed E-state index contributed by atoms with van der Waals surface area (Å²) in [6.45, 7) is 14.4. The highest BCUT2D eigenvalue weighted by molar-refractivity contribution is 5.81. The van der Waals surface area contributed by atoms with Gasteiger partial charge in [-0.15, -0.1) is 0 Å². The molecule has 0 radical (unpaired) electrons. The van der Waals surface area contributed by atoms with Crippen LogP contribution in [0.25, 0.3) is 0 Å². The Morgan fingerprint density at radius 1 is 0.979 bits per heavy atom. The summed E-state index contributed by atoms with van der Waals surface area (Å²) in [7, 11) is 5.42. The second-order valence-corrected chi connectivity index (χ2v) is 15.8. The summed E-state index contributed by atoms with van der Waals surface area (Å²) in [5, 5.41) is 45.8. The Morgan fingerprint density at radius 3 is 2.25 bits per heavy atom. The average molecular weight is 690 g/mol. The molecule has 280 valence electrons. The van der Waals surface area contributed by atoms with Crippen molar-refractivity contribution < 1.29 is 58.4 Å². The highest BCUT2D eigenvalue weighted by atomic mass is 16.8. The summed E-state index contributed by atoms with van der Waals surface area (Å²) >= 11 is 0. The number of aliphatic hydroxyl groups excluding tert-OH is 3. The van der Waals surface area contributed by atoms with Crippen LogP contribution in [0.3, 0.4) is 0 Å². The van der Waals surface area contributed by atoms with E-state index in [2.05, 4.69) is 0 Å². The molecule has 0 aliphatic carbocycles. The fourth-order valence-corrected chi connectivity index (χ4v) is 7.72. The van der Waals surface area contributed by atoms with Gasteiger partial charge < -0.3 is 58.5 Å². The predicted octanol–water partition coefficient (Wildman–Crippen LogP) is 2.34. The summed E-state index contributed by atoms with van der Waals surface area (Å²) in [5.41, 5.74) is -2.51. The van der Waals surface area contributed by atoms with Gasteiger partial charge in [0.15, 0.2) is 18.9 Å². The van der Waals surface area contributed by atoms with Crippen molar-refractivity contribution >= 4 is 5.78 Å². The fraction of sp³-hybridized carbons (Fsp3) is 0.971. The number of aliphatic hydroxyl groups is 4. The van der Waals surface area contributed by atoms with Crippen LogP contribution in [0.1, 0.15) is 93.9 Å². The van der Waals surface area contributed by atoms with E-state index in [9.17, 15) is 25.2 Å². The lowest BCUT2D eigenvalue weighted by Crippen LogP contribution is -2.57. The Hall–Kier alpha value is -0.810. The maximum Gasteiger partial charge on any atom is 0.202 e. The van der Waals surface area contributed by atoms with Crippen molar-refractivity contribution in [2.75, 3.05) is 21.2 Å². The molecule has 0 amide bonds. The number of carbonyl (C=O) groups excluding carboxylic acids is 1. The van der Waals surface area contributed by atoms with Gasteiger partial charge in [0.1, 0.15) is 23.6 Å². The van der Waals surface area contributed by atoms with Gasteiger partial charge >= 0.3 is 0 Å². The van der Waals surface area contributed by atoms with E-state index in [1.54, 1.807) is 27.9 Å². The Balaban J connectivity index is 1.71. The summed E-state index contributed by atoms with van der Waals surface area (Å²) < 4.78 is 43.5. The zero-order valence-electron chi connectivity index (χ0n) is 30.8. The molecule has 4 unspecified atom stereocenters. The molecular weight excluding hydrogens is 626 g/mol. The second kappa shape index (κ2) is 15.4. The van der Waals surface area contributed by atoms with E-state index in [0.29, 0.717) is 19.3 Å². The molecule has 13 nitrogen and oxygen atoms in total. The van der Waals surface area contributed by atoms with Crippen molar-refractivity contribution in [2.45, 2.75) is 179 Å². The van der Waals surface area contributed by atoms with Crippen LogP contribution >= 0.6 is 0 Å². The first kappa shape index (κ1) is 40.0. The predicted molar refractivity (Wildman–Crippen MR) is 175 cm³/mol. The first-order valence-electron chi connectivity index (χ1n) is 17.7. The van der Waals surface area contributed by atoms with E-state index in [0.717, 1.165) is 0 Å². The maximum absolute atomic E-state index is 13.5. The van der Waals surface area contributed by atoms with Crippen molar-refractivity contribution in [3.63, 3.8) is 0 Å². The van der Waals surface area contributed by atoms with E-state index >= 15 is 0 Å². The quantitative estimate of drug-likeness (QED) is 0.288. The maximum atomic E-state index is 13.5. The average Bonchev–Trinajstić information content (AvgIpc) is 3.77. The number of rotatable bonds is 7. The van der Waals surface area contributed by atoms with Crippen LogP contribution in [0.2, 0.25) is 0 Å². The summed E-state index contributed by atoms with van der Waals surface area (Å²) in [6.07, 6.45) is -6.64. The van der Waals surface area contributed by atoms with Crippen molar-refractivity contribution in [3.8, 4) is 0 Å². The molecule has 0 spiro atoms. The van der Waals surface area contributed by atoms with Gasteiger partial charge in [-0.1, -0.05) is 34.6 Å². The third-order valence-electron chi connectivity index (χ3n) is 11.5. The van der Waals surface area contributed by atoms with Crippen molar-refractivity contribution in [1.82, 2.24) is 4.90 Å². The Morgan fingerprint density at radius 2 is 1.65 bits per heavy atom. The molecule has 4 aliphatic heterocycles. The number of fused-ring (bicyclic) bond motifs is 1. The summed E-state index contributed by atoms with van der Waals surface area (Å²) in [4.78, 5) is 15.5. The lowest BCUT2D eigenvalue weighted by atomic mass is 9.75. The largest absolute Gasteiger partial charge is 0.389 e. The van der Waals surface area contributed by atoms with Crippen molar-refractivity contribution in [2.24, 2.45) is 17.3 Å². The van der Waals surface area contributed by atoms with E-state index in [-0.39, 0.29) is 49.4 Å². The minimum atomic E-state index is -1.83. The molecule has 4 rings (SSSR count). The number of carbonyl (C=O) groups is 1. The number of hydrogen-bond donors (Lipinski definition) is 4. The highest BCUT2D eigenvalue weighted by Gasteiger charge is 2.65. The topological polar surface area (TPSA) is 169 Å². The van der Waals surface area contributed by atoms with Crippen LogP contribution in [0, 0.1) is 17.3 Å². The number of ketones is 1. The number of epoxide rings is 1. The molecule has 0 aromatic rings. The molecule has 4 N–H and O–H groups in total. The van der Waals surface area contributed by atoms with E-state index in [4.69, 9.17) is 33.2 Å². The number of likely N-dealkylation sites (N-methyl/N-ethyl adjacent to an activating group) is 1. The van der Waals surface area contributed by atoms with Gasteiger partial charge in [-0.05, 0) is 59.5 Å². The van der Waals surface area contributed by atoms with Gasteiger partial charge in [0.25, 0.3) is 0 Å². The second-order valence-electron chi connectivity index (χ2n) is 15.8. The molecule has 48 heavy (non-hydrogen) atoms. The van der Waals surface area contributed by atoms with Crippen molar-refractivity contribution in [3.05, 3.63) is 0 Å². The minimum absolute atomic E-state index is 0.117. The monoisotopic (exact) mass is 689 g/mol. The van der Waals surface area contributed by atoms with Gasteiger partial charge in [0.05, 0.1) is 43.0 Å². The van der Waals surface area contributed by atoms with E-state index in [1.165, 1.54) is 6.92 Å². The molecule has 0 aromatic carbocycles. The smallest absolute Gasteiger partial charge is 0.202 e. The Labute approximate surface area is 286 Å². The molecule has 4 saturated heterocycles. The van der Waals surface area contributed by atoms with Crippen LogP contribution in [0.15, 0.2) is 0 Å². The lowest BCUT2D eigenvalue weighted by Gasteiger charge is -2.46. The molecule has 0 bridgehead atoms. The Bertz CT molecular complexity index is 1070. The highest BCUT2D eigenvalue weighted by Crippen LogP contribution is 2.49. The number of hydrogen-bond acceptors (Lipinski definition) is 13. The first-order valence-corrected chi connectivity index (χ1v) is 17.7. The van der Waals surface area contributed by atoms with E-state index < -0.39 is 78.0 Å². The summed E-state index contributed by atoms with van der Waals surface area (Å²) in [5.74, 6) is -2.60. The molecule has 16 atom stereocenters. The standard InChI is InChI=1S/C35H63NO12/c1-12-25-34(8,41)29(39)19(3)23(37)13-14-33(6,7)26(47-32-28(38)22(36(9)10)15-18(2)43-32)16-24(20(4)31(40)46-25)45-27-17-35(42-11)30(48-35)21(5)44-27/h18-22,24-32,38-41H,12-17H2,1-11H3/t18-,19+,20-,21-,22?,24+,25-,26-,27+,28?,29-,30+,31?,32+,34-,35?/m1/s1. The normalized spacial score (nSPS) is 49.3. The number of nitrogens with zero attached hydrogens (tertiary/aromatic N) is 1. The molecule has 0 saturated carbocycles. The number of ether oxygens (including phenoxy) is 7. The zero-order chi connectivity index (χ0) is 35.9. The van der Waals surface area contributed by atoms with Gasteiger partial charge in [-0.3, -0.25) is 4.79 Å². The van der Waals surface area contributed by atoms with Crippen LogP contribution in [0.4, 0.5) is 0 Å². The lowest BCUT2D eigenvalue weighted by molar-refractivity contribution is -0.297. The molecule has 13 heteroatoms. The molecule has 4 aliphatic rings. The molecular formula is C35H63NO12. The summed E-state index contributed by atoms with van der Waals surface area (Å²) in [6, 6.07) is -0.196. The third-order valence-corrected chi connectivity index (χ3v) is 11.5. The van der Waals surface area contributed by atoms with Crippen LogP contribution < -0.4 is 0 Å². The van der Waals surface area contributed by atoms with Gasteiger partial charge in [-0.2, -0.15) is 0 Å². The van der Waals surface area contributed by atoms with Crippen LogP contribution in [-0.4, -0.2) is 137 Å². The third kappa shape index (κ3) is 8.45. The van der Waals surface area contributed by atoms with Crippen LogP contribution in [-0.2, 0) is 38.0 Å². The first-order chi connectivity index (χ1) is 22.3. The van der Waals surface area contributed by atoms with Gasteiger partial charge in [0.2, 0.25) is 5.79 Å². The molecule has 0 aromatic heterocycles. The fourth-order valence-electron chi connectivity index (χ4n) is 7.72. The number of methoxy groups -OCH3 is 1. The number of Topliss-reactive ketones (excluding diaryl/α,β-unsaturated/α-hetero) is 1. The van der Waals surface area contributed by atoms with Crippen molar-refractivity contribution in [1.29, 1.82) is 0 Å². The minimum Gasteiger partial charge on any atom is -0.389 e. The SMILES string of the molecule is CC[C@H]1OC(O)[C@H](C)[C@@H](O[C@H]2CC3(OC)O[C@H]3[C@@H](C)O2)C[C@@H](O[C@@H]2O[C@H](C)CC(N(C)C)C2O)C(C)(C)CCC(=O)[C@H](C)[C@@H](O)[C@]1(C)O. The Kier molecular flexibility index (Phi) is 12.8. The molecule has 4 heterocycles. The van der Waals surface area contributed by atoms with E-state index in [1.807, 2.05) is 46.7 Å². The molecule has 4 fully saturated rings. The van der Waals surface area contributed by atoms with Gasteiger partial charge in [-0.25, -0.2) is 0 Å². The zero-order valence-corrected chi connectivity index (χ0v) is 30.8. The van der Waals surface area contributed by atoms with Crippen LogP contribution in [0.5, 0.6) is 0 Å².